The molecule has 1 spiro atoms. The Bertz CT molecular complexity index is 843. The highest BCUT2D eigenvalue weighted by Gasteiger charge is 2.62. The molecule has 3 aliphatic rings. The van der Waals surface area contributed by atoms with E-state index in [4.69, 9.17) is 9.47 Å². The van der Waals surface area contributed by atoms with E-state index in [1.807, 2.05) is 13.8 Å². The third kappa shape index (κ3) is 21.4. The number of ether oxygens (including phenoxy) is 2. The highest BCUT2D eigenvalue weighted by atomic mass is 16.8. The van der Waals surface area contributed by atoms with E-state index in [0.29, 0.717) is 17.6 Å². The normalized spacial score (nSPS) is 25.8. The molecule has 2 heteroatoms. The Morgan fingerprint density at radius 3 is 1.30 bits per heavy atom. The molecule has 50 heavy (non-hydrogen) atoms. The van der Waals surface area contributed by atoms with E-state index < -0.39 is 0 Å². The van der Waals surface area contributed by atoms with Gasteiger partial charge >= 0.3 is 0 Å². The summed E-state index contributed by atoms with van der Waals surface area (Å²) in [6.45, 7) is 15.1. The molecule has 0 aromatic rings. The minimum atomic E-state index is -0.215. The van der Waals surface area contributed by atoms with Gasteiger partial charge in [-0.05, 0) is 94.8 Å². The maximum atomic E-state index is 6.65. The Labute approximate surface area is 314 Å². The van der Waals surface area contributed by atoms with Crippen molar-refractivity contribution in [1.82, 2.24) is 0 Å². The third-order valence-electron chi connectivity index (χ3n) is 10.8. The summed E-state index contributed by atoms with van der Waals surface area (Å²) in [5.41, 5.74) is 0.483. The van der Waals surface area contributed by atoms with Crippen LogP contribution < -0.4 is 0 Å². The van der Waals surface area contributed by atoms with Crippen molar-refractivity contribution >= 4 is 0 Å². The van der Waals surface area contributed by atoms with Crippen molar-refractivity contribution < 1.29 is 9.47 Å². The molecule has 0 aromatic carbocycles. The Morgan fingerprint density at radius 1 is 0.500 bits per heavy atom. The van der Waals surface area contributed by atoms with E-state index in [0.717, 1.165) is 25.2 Å². The lowest BCUT2D eigenvalue weighted by Gasteiger charge is -2.54. The summed E-state index contributed by atoms with van der Waals surface area (Å²) < 4.78 is 13.3. The molecule has 0 radical (unpaired) electrons. The fourth-order valence-corrected chi connectivity index (χ4v) is 8.27. The second-order valence-electron chi connectivity index (χ2n) is 15.9. The minimum Gasteiger partial charge on any atom is -0.344 e. The van der Waals surface area contributed by atoms with Crippen LogP contribution in [0.5, 0.6) is 0 Å². The number of hydrogen-bond acceptors (Lipinski definition) is 2. The van der Waals surface area contributed by atoms with E-state index in [1.165, 1.54) is 161 Å². The number of rotatable bonds is 27. The molecule has 1 saturated heterocycles. The largest absolute Gasteiger partial charge is 0.344 e. The van der Waals surface area contributed by atoms with Gasteiger partial charge in [-0.3, -0.25) is 0 Å². The average Bonchev–Trinajstić information content (AvgIpc) is 3.61. The fraction of sp³-hybridized carbons (Fsp3) is 0.833. The van der Waals surface area contributed by atoms with Gasteiger partial charge < -0.3 is 9.47 Å². The first-order valence-corrected chi connectivity index (χ1v) is 22.5. The zero-order chi connectivity index (χ0) is 36.6. The minimum absolute atomic E-state index is 0.215. The van der Waals surface area contributed by atoms with Crippen molar-refractivity contribution in [2.24, 2.45) is 11.3 Å². The van der Waals surface area contributed by atoms with E-state index in [-0.39, 0.29) is 5.79 Å². The molecule has 3 rings (SSSR count). The first kappa shape index (κ1) is 46.9. The number of fused-ring (bicyclic) bond motifs is 1. The van der Waals surface area contributed by atoms with E-state index in [1.54, 1.807) is 0 Å². The van der Waals surface area contributed by atoms with Crippen molar-refractivity contribution in [1.29, 1.82) is 0 Å². The predicted octanol–water partition coefficient (Wildman–Crippen LogP) is 16.4. The van der Waals surface area contributed by atoms with Crippen LogP contribution in [0, 0.1) is 11.3 Å². The van der Waals surface area contributed by atoms with Gasteiger partial charge in [0.05, 0.1) is 12.2 Å². The van der Waals surface area contributed by atoms with Gasteiger partial charge in [0.2, 0.25) is 0 Å². The van der Waals surface area contributed by atoms with Gasteiger partial charge in [0, 0.05) is 12.8 Å². The van der Waals surface area contributed by atoms with Crippen LogP contribution in [-0.2, 0) is 9.47 Å². The molecule has 3 fully saturated rings. The standard InChI is InChI=1S/C43H74O2.C3H8.C2H6/c1-4-6-8-10-12-14-16-18-19-20-22-24-26-28-30-32-34-42(37-43(38-42)44-40-35-39(3)36-41(40)45-43)33-31-29-27-25-23-21-17-15-13-11-9-7-5-2;1-3-2;1-2/h7,9,12-15,18-19,39-41H,4-6,8,10-11,16-17,20-38H2,1-3H3;3H2,1-2H3;1-2H3/b9-7-,14-12-,15-13-,19-18-;;. The van der Waals surface area contributed by atoms with Gasteiger partial charge in [-0.25, -0.2) is 0 Å². The van der Waals surface area contributed by atoms with Gasteiger partial charge in [-0.2, -0.15) is 0 Å². The van der Waals surface area contributed by atoms with Crippen molar-refractivity contribution in [3.05, 3.63) is 48.6 Å². The molecule has 2 aliphatic carbocycles. The first-order chi connectivity index (χ1) is 24.5. The SMILES string of the molecule is CC.CC/C=C\C/C=C\CCCCCCCCC1(CCCCCCCC/C=C\C/C=C\CCCCC)CC2(C1)OC1CC(C)CC1O2.CCC. The van der Waals surface area contributed by atoms with E-state index in [9.17, 15) is 0 Å². The monoisotopic (exact) mass is 697 g/mol. The molecule has 2 unspecified atom stereocenters. The Balaban J connectivity index is 0.00000237. The summed E-state index contributed by atoms with van der Waals surface area (Å²) in [4.78, 5) is 0. The van der Waals surface area contributed by atoms with Crippen LogP contribution in [0.1, 0.15) is 228 Å². The highest BCUT2D eigenvalue weighted by molar-refractivity contribution is 5.06. The fourth-order valence-electron chi connectivity index (χ4n) is 8.27. The molecule has 1 aliphatic heterocycles. The Morgan fingerprint density at radius 2 is 0.880 bits per heavy atom. The zero-order valence-electron chi connectivity index (χ0n) is 35.0. The summed E-state index contributed by atoms with van der Waals surface area (Å²) in [5.74, 6) is 0.549. The third-order valence-corrected chi connectivity index (χ3v) is 10.8. The van der Waals surface area contributed by atoms with Gasteiger partial charge in [0.1, 0.15) is 0 Å². The molecule has 2 saturated carbocycles. The van der Waals surface area contributed by atoms with Crippen molar-refractivity contribution in [2.75, 3.05) is 0 Å². The van der Waals surface area contributed by atoms with Crippen molar-refractivity contribution in [3.63, 3.8) is 0 Å². The Kier molecular flexibility index (Phi) is 29.5. The van der Waals surface area contributed by atoms with Crippen LogP contribution in [0.25, 0.3) is 0 Å². The topological polar surface area (TPSA) is 18.5 Å². The van der Waals surface area contributed by atoms with Crippen LogP contribution >= 0.6 is 0 Å². The predicted molar refractivity (Wildman–Crippen MR) is 224 cm³/mol. The molecule has 0 bridgehead atoms. The number of hydrogen-bond donors (Lipinski definition) is 0. The lowest BCUT2D eigenvalue weighted by molar-refractivity contribution is -0.281. The number of allylic oxidation sites excluding steroid dienone is 8. The second kappa shape index (κ2) is 31.4. The molecule has 292 valence electrons. The van der Waals surface area contributed by atoms with E-state index in [2.05, 4.69) is 83.2 Å². The zero-order valence-corrected chi connectivity index (χ0v) is 35.0. The highest BCUT2D eigenvalue weighted by Crippen LogP contribution is 2.61. The van der Waals surface area contributed by atoms with Gasteiger partial charge in [-0.1, -0.05) is 181 Å². The maximum Gasteiger partial charge on any atom is 0.170 e. The first-order valence-electron chi connectivity index (χ1n) is 22.5. The van der Waals surface area contributed by atoms with Crippen molar-refractivity contribution in [2.45, 2.75) is 246 Å². The second-order valence-corrected chi connectivity index (χ2v) is 15.9. The molecule has 0 N–H and O–H groups in total. The molecule has 2 nitrogen and oxygen atoms in total. The van der Waals surface area contributed by atoms with Gasteiger partial charge in [-0.15, -0.1) is 0 Å². The van der Waals surface area contributed by atoms with Gasteiger partial charge in [0.15, 0.2) is 5.79 Å². The summed E-state index contributed by atoms with van der Waals surface area (Å²) in [7, 11) is 0. The summed E-state index contributed by atoms with van der Waals surface area (Å²) in [6.07, 6.45) is 56.1. The molecule has 2 atom stereocenters. The maximum absolute atomic E-state index is 6.65. The van der Waals surface area contributed by atoms with Crippen LogP contribution in [0.3, 0.4) is 0 Å². The van der Waals surface area contributed by atoms with Crippen LogP contribution in [0.15, 0.2) is 48.6 Å². The summed E-state index contributed by atoms with van der Waals surface area (Å²) >= 11 is 0. The summed E-state index contributed by atoms with van der Waals surface area (Å²) in [6, 6.07) is 0. The smallest absolute Gasteiger partial charge is 0.170 e. The number of unbranched alkanes of at least 4 members (excludes halogenated alkanes) is 15. The van der Waals surface area contributed by atoms with Crippen molar-refractivity contribution in [3.8, 4) is 0 Å². The molecule has 0 aromatic heterocycles. The van der Waals surface area contributed by atoms with E-state index >= 15 is 0 Å². The van der Waals surface area contributed by atoms with Crippen LogP contribution in [0.4, 0.5) is 0 Å². The lowest BCUT2D eigenvalue weighted by Crippen LogP contribution is -2.53. The van der Waals surface area contributed by atoms with Crippen LogP contribution in [0.2, 0.25) is 0 Å². The molecular weight excluding hydrogens is 609 g/mol. The molecule has 1 heterocycles. The average molecular weight is 697 g/mol. The quantitative estimate of drug-likeness (QED) is 0.0629. The molecule has 0 amide bonds. The van der Waals surface area contributed by atoms with Gasteiger partial charge in [0.25, 0.3) is 0 Å². The van der Waals surface area contributed by atoms with Crippen LogP contribution in [-0.4, -0.2) is 18.0 Å². The lowest BCUT2D eigenvalue weighted by atomic mass is 9.59. The molecular formula is C48H88O2. The Hall–Kier alpha value is -1.12. The summed E-state index contributed by atoms with van der Waals surface area (Å²) in [5, 5.41) is 0.